The molecule has 142 valence electrons. The van der Waals surface area contributed by atoms with Gasteiger partial charge in [-0.3, -0.25) is 4.79 Å². The van der Waals surface area contributed by atoms with Gasteiger partial charge in [0, 0.05) is 32.6 Å². The number of rotatable bonds is 4. The third kappa shape index (κ3) is 3.39. The summed E-state index contributed by atoms with van der Waals surface area (Å²) in [6.45, 7) is 1.45. The maximum absolute atomic E-state index is 13.0. The number of amides is 1. The second-order valence-corrected chi connectivity index (χ2v) is 9.82. The minimum atomic E-state index is -3.63. The molecule has 2 aliphatic carbocycles. The Morgan fingerprint density at radius 3 is 2.31 bits per heavy atom. The van der Waals surface area contributed by atoms with E-state index in [-0.39, 0.29) is 10.8 Å². The predicted molar refractivity (Wildman–Crippen MR) is 95.3 cm³/mol. The van der Waals surface area contributed by atoms with Gasteiger partial charge >= 0.3 is 0 Å². The number of benzene rings is 1. The van der Waals surface area contributed by atoms with Gasteiger partial charge in [-0.1, -0.05) is 6.42 Å². The summed E-state index contributed by atoms with van der Waals surface area (Å²) >= 11 is 0. The molecule has 0 spiro atoms. The molecule has 1 aromatic carbocycles. The van der Waals surface area contributed by atoms with Crippen LogP contribution in [0.15, 0.2) is 29.2 Å². The van der Waals surface area contributed by atoms with E-state index in [2.05, 4.69) is 0 Å². The van der Waals surface area contributed by atoms with E-state index in [1.165, 1.54) is 42.1 Å². The highest BCUT2D eigenvalue weighted by atomic mass is 32.2. The molecule has 7 heteroatoms. The standard InChI is InChI=1S/C19H25FN2O3S/c20-17-3-5-18(6-4-17)26(24,25)22-9-7-21(8-10-22)19(23)13-16-12-14-1-2-15(16)11-14/h3-6,14-16H,1-2,7-13H2/t14-,15+,16-/m0/s1. The zero-order valence-corrected chi connectivity index (χ0v) is 15.6. The topological polar surface area (TPSA) is 57.7 Å². The highest BCUT2D eigenvalue weighted by molar-refractivity contribution is 7.89. The molecule has 1 aromatic rings. The zero-order chi connectivity index (χ0) is 18.3. The third-order valence-corrected chi connectivity index (χ3v) is 8.28. The quantitative estimate of drug-likeness (QED) is 0.806. The van der Waals surface area contributed by atoms with Crippen LogP contribution < -0.4 is 0 Å². The first kappa shape index (κ1) is 17.9. The summed E-state index contributed by atoms with van der Waals surface area (Å²) in [6.07, 6.45) is 5.70. The molecular weight excluding hydrogens is 355 g/mol. The van der Waals surface area contributed by atoms with Crippen LogP contribution in [0.1, 0.15) is 32.1 Å². The molecule has 3 fully saturated rings. The van der Waals surface area contributed by atoms with Crippen molar-refractivity contribution in [3.63, 3.8) is 0 Å². The molecule has 1 saturated heterocycles. The Morgan fingerprint density at radius 2 is 1.73 bits per heavy atom. The number of halogens is 1. The molecule has 2 bridgehead atoms. The van der Waals surface area contributed by atoms with Crippen molar-refractivity contribution in [3.8, 4) is 0 Å². The van der Waals surface area contributed by atoms with E-state index in [0.29, 0.717) is 38.5 Å². The van der Waals surface area contributed by atoms with Gasteiger partial charge in [0.25, 0.3) is 0 Å². The van der Waals surface area contributed by atoms with Crippen LogP contribution in [0.2, 0.25) is 0 Å². The lowest BCUT2D eigenvalue weighted by Crippen LogP contribution is -2.50. The maximum atomic E-state index is 13.0. The van der Waals surface area contributed by atoms with Gasteiger partial charge in [0.05, 0.1) is 4.90 Å². The van der Waals surface area contributed by atoms with E-state index >= 15 is 0 Å². The summed E-state index contributed by atoms with van der Waals surface area (Å²) in [4.78, 5) is 14.5. The lowest BCUT2D eigenvalue weighted by Gasteiger charge is -2.35. The Hall–Kier alpha value is -1.47. The van der Waals surface area contributed by atoms with Crippen molar-refractivity contribution in [1.82, 2.24) is 9.21 Å². The van der Waals surface area contributed by atoms with E-state index in [1.54, 1.807) is 0 Å². The van der Waals surface area contributed by atoms with Crippen LogP contribution in [0.3, 0.4) is 0 Å². The number of fused-ring (bicyclic) bond motifs is 2. The van der Waals surface area contributed by atoms with Gasteiger partial charge < -0.3 is 4.90 Å². The fraction of sp³-hybridized carbons (Fsp3) is 0.632. The molecule has 1 amide bonds. The van der Waals surface area contributed by atoms with Crippen molar-refractivity contribution >= 4 is 15.9 Å². The summed E-state index contributed by atoms with van der Waals surface area (Å²) in [7, 11) is -3.63. The SMILES string of the molecule is O=C(C[C@@H]1C[C@H]2CC[C@@H]1C2)N1CCN(S(=O)(=O)c2ccc(F)cc2)CC1. The summed E-state index contributed by atoms with van der Waals surface area (Å²) in [6, 6.07) is 4.89. The number of piperazine rings is 1. The molecular formula is C19H25FN2O3S. The molecule has 1 heterocycles. The largest absolute Gasteiger partial charge is 0.340 e. The van der Waals surface area contributed by atoms with Gasteiger partial charge in [-0.25, -0.2) is 12.8 Å². The van der Waals surface area contributed by atoms with Gasteiger partial charge in [0.15, 0.2) is 0 Å². The first-order valence-electron chi connectivity index (χ1n) is 9.47. The van der Waals surface area contributed by atoms with E-state index in [1.807, 2.05) is 4.90 Å². The van der Waals surface area contributed by atoms with Crippen LogP contribution in [0.5, 0.6) is 0 Å². The molecule has 0 aromatic heterocycles. The van der Waals surface area contributed by atoms with Gasteiger partial charge in [-0.05, 0) is 61.3 Å². The Morgan fingerprint density at radius 1 is 1.04 bits per heavy atom. The highest BCUT2D eigenvalue weighted by Crippen LogP contribution is 2.49. The third-order valence-electron chi connectivity index (χ3n) is 6.36. The smallest absolute Gasteiger partial charge is 0.243 e. The second-order valence-electron chi connectivity index (χ2n) is 7.88. The van der Waals surface area contributed by atoms with Gasteiger partial charge in [-0.2, -0.15) is 4.31 Å². The van der Waals surface area contributed by atoms with Crippen LogP contribution >= 0.6 is 0 Å². The summed E-state index contributed by atoms with van der Waals surface area (Å²) in [5.41, 5.74) is 0. The van der Waals surface area contributed by atoms with Crippen LogP contribution in [0.25, 0.3) is 0 Å². The number of hydrogen-bond acceptors (Lipinski definition) is 3. The predicted octanol–water partition coefficient (Wildman–Crippen LogP) is 2.48. The first-order chi connectivity index (χ1) is 12.4. The Kier molecular flexibility index (Phi) is 4.77. The fourth-order valence-corrected chi connectivity index (χ4v) is 6.34. The average Bonchev–Trinajstić information content (AvgIpc) is 3.25. The number of sulfonamides is 1. The molecule has 5 nitrogen and oxygen atoms in total. The van der Waals surface area contributed by atoms with Crippen molar-refractivity contribution in [1.29, 1.82) is 0 Å². The highest BCUT2D eigenvalue weighted by Gasteiger charge is 2.41. The molecule has 3 atom stereocenters. The summed E-state index contributed by atoms with van der Waals surface area (Å²) < 4.78 is 39.7. The lowest BCUT2D eigenvalue weighted by molar-refractivity contribution is -0.133. The summed E-state index contributed by atoms with van der Waals surface area (Å²) in [5, 5.41) is 0. The molecule has 0 N–H and O–H groups in total. The average molecular weight is 380 g/mol. The van der Waals surface area contributed by atoms with Gasteiger partial charge in [0.1, 0.15) is 5.82 Å². The van der Waals surface area contributed by atoms with Crippen LogP contribution in [-0.4, -0.2) is 49.7 Å². The van der Waals surface area contributed by atoms with Crippen LogP contribution in [-0.2, 0) is 14.8 Å². The lowest BCUT2D eigenvalue weighted by atomic mass is 9.86. The normalized spacial score (nSPS) is 29.3. The minimum absolute atomic E-state index is 0.0978. The second kappa shape index (κ2) is 6.93. The van der Waals surface area contributed by atoms with Crippen molar-refractivity contribution < 1.29 is 17.6 Å². The Balaban J connectivity index is 1.33. The van der Waals surface area contributed by atoms with Crippen molar-refractivity contribution in [3.05, 3.63) is 30.1 Å². The van der Waals surface area contributed by atoms with E-state index in [9.17, 15) is 17.6 Å². The molecule has 4 rings (SSSR count). The zero-order valence-electron chi connectivity index (χ0n) is 14.8. The molecule has 0 radical (unpaired) electrons. The van der Waals surface area contributed by atoms with E-state index in [0.717, 1.165) is 24.0 Å². The monoisotopic (exact) mass is 380 g/mol. The number of hydrogen-bond donors (Lipinski definition) is 0. The molecule has 3 aliphatic rings. The fourth-order valence-electron chi connectivity index (χ4n) is 4.91. The van der Waals surface area contributed by atoms with Crippen LogP contribution in [0, 0.1) is 23.6 Å². The van der Waals surface area contributed by atoms with E-state index < -0.39 is 15.8 Å². The minimum Gasteiger partial charge on any atom is -0.340 e. The van der Waals surface area contributed by atoms with Gasteiger partial charge in [-0.15, -0.1) is 0 Å². The van der Waals surface area contributed by atoms with Gasteiger partial charge in [0.2, 0.25) is 15.9 Å². The van der Waals surface area contributed by atoms with Crippen molar-refractivity contribution in [2.75, 3.05) is 26.2 Å². The molecule has 2 saturated carbocycles. The molecule has 1 aliphatic heterocycles. The Labute approximate surface area is 154 Å². The Bertz CT molecular complexity index is 772. The van der Waals surface area contributed by atoms with Crippen molar-refractivity contribution in [2.24, 2.45) is 17.8 Å². The molecule has 26 heavy (non-hydrogen) atoms. The number of nitrogens with zero attached hydrogens (tertiary/aromatic N) is 2. The first-order valence-corrected chi connectivity index (χ1v) is 10.9. The van der Waals surface area contributed by atoms with Crippen molar-refractivity contribution in [2.45, 2.75) is 37.0 Å². The molecule has 0 unspecified atom stereocenters. The number of carbonyl (C=O) groups excluding carboxylic acids is 1. The number of carbonyl (C=O) groups is 1. The summed E-state index contributed by atoms with van der Waals surface area (Å²) in [5.74, 6) is 1.79. The maximum Gasteiger partial charge on any atom is 0.243 e. The van der Waals surface area contributed by atoms with Crippen LogP contribution in [0.4, 0.5) is 4.39 Å². The van der Waals surface area contributed by atoms with E-state index in [4.69, 9.17) is 0 Å².